The average Bonchev–Trinajstić information content (AvgIpc) is 2.81. The maximum absolute atomic E-state index is 12.2. The topological polar surface area (TPSA) is 72.4 Å². The molecule has 0 aliphatic rings. The number of nitrogens with zero attached hydrogens (tertiary/aromatic N) is 1. The van der Waals surface area contributed by atoms with Gasteiger partial charge in [0.05, 0.1) is 4.90 Å². The Kier molecular flexibility index (Phi) is 6.67. The van der Waals surface area contributed by atoms with E-state index in [9.17, 15) is 8.42 Å². The van der Waals surface area contributed by atoms with Crippen LogP contribution in [0, 0.1) is 5.92 Å². The Hall–Kier alpha value is -0.890. The van der Waals surface area contributed by atoms with Crippen molar-refractivity contribution in [3.63, 3.8) is 0 Å². The molecule has 1 aromatic heterocycles. The van der Waals surface area contributed by atoms with Gasteiger partial charge in [-0.1, -0.05) is 6.92 Å². The molecule has 0 amide bonds. The van der Waals surface area contributed by atoms with Gasteiger partial charge in [-0.05, 0) is 26.0 Å². The molecule has 1 atom stereocenters. The monoisotopic (exact) mass is 303 g/mol. The molecule has 1 aromatic rings. The fourth-order valence-electron chi connectivity index (χ4n) is 1.97. The molecule has 0 saturated heterocycles. The largest absolute Gasteiger partial charge is 0.384 e. The molecule has 2 N–H and O–H groups in total. The Morgan fingerprint density at radius 3 is 2.70 bits per heavy atom. The zero-order valence-corrected chi connectivity index (χ0v) is 13.5. The summed E-state index contributed by atoms with van der Waals surface area (Å²) in [5.41, 5.74) is 0.959. The number of rotatable bonds is 9. The minimum absolute atomic E-state index is 0.139. The van der Waals surface area contributed by atoms with E-state index in [1.165, 1.54) is 0 Å². The predicted molar refractivity (Wildman–Crippen MR) is 79.1 cm³/mol. The third-order valence-electron chi connectivity index (χ3n) is 3.04. The number of ether oxygens (including phenoxy) is 1. The van der Waals surface area contributed by atoms with E-state index in [1.54, 1.807) is 19.4 Å². The van der Waals surface area contributed by atoms with Crippen molar-refractivity contribution in [2.45, 2.75) is 31.8 Å². The SMILES string of the molecule is CCn1cc(S(=O)(=O)NCC(C)COC)cc1CNC. The van der Waals surface area contributed by atoms with Gasteiger partial charge >= 0.3 is 0 Å². The number of sulfonamides is 1. The molecule has 0 aromatic carbocycles. The molecular weight excluding hydrogens is 278 g/mol. The average molecular weight is 303 g/mol. The summed E-state index contributed by atoms with van der Waals surface area (Å²) >= 11 is 0. The summed E-state index contributed by atoms with van der Waals surface area (Å²) in [5.74, 6) is 0.139. The zero-order valence-electron chi connectivity index (χ0n) is 12.6. The summed E-state index contributed by atoms with van der Waals surface area (Å²) in [5, 5.41) is 3.04. The maximum atomic E-state index is 12.2. The number of hydrogen-bond donors (Lipinski definition) is 2. The summed E-state index contributed by atoms with van der Waals surface area (Å²) < 4.78 is 34.0. The van der Waals surface area contributed by atoms with Gasteiger partial charge in [0.1, 0.15) is 0 Å². The number of methoxy groups -OCH3 is 1. The fraction of sp³-hybridized carbons (Fsp3) is 0.692. The van der Waals surface area contributed by atoms with Gasteiger partial charge < -0.3 is 14.6 Å². The molecule has 0 bridgehead atoms. The van der Waals surface area contributed by atoms with Crippen molar-refractivity contribution >= 4 is 10.0 Å². The van der Waals surface area contributed by atoms with E-state index in [-0.39, 0.29) is 5.92 Å². The molecule has 116 valence electrons. The van der Waals surface area contributed by atoms with Gasteiger partial charge in [0.2, 0.25) is 10.0 Å². The molecule has 0 aliphatic heterocycles. The van der Waals surface area contributed by atoms with Gasteiger partial charge in [-0.15, -0.1) is 0 Å². The number of nitrogens with one attached hydrogen (secondary N) is 2. The van der Waals surface area contributed by atoms with E-state index in [0.717, 1.165) is 12.2 Å². The second-order valence-corrected chi connectivity index (χ2v) is 6.66. The van der Waals surface area contributed by atoms with E-state index in [2.05, 4.69) is 10.0 Å². The van der Waals surface area contributed by atoms with Crippen LogP contribution in [0.3, 0.4) is 0 Å². The van der Waals surface area contributed by atoms with Crippen LogP contribution in [0.2, 0.25) is 0 Å². The van der Waals surface area contributed by atoms with Gasteiger partial charge in [-0.25, -0.2) is 13.1 Å². The molecule has 0 spiro atoms. The Bertz CT molecular complexity index is 511. The Morgan fingerprint density at radius 1 is 1.45 bits per heavy atom. The lowest BCUT2D eigenvalue weighted by Crippen LogP contribution is -2.29. The second kappa shape index (κ2) is 7.78. The molecule has 1 heterocycles. The van der Waals surface area contributed by atoms with Crippen molar-refractivity contribution in [3.05, 3.63) is 18.0 Å². The van der Waals surface area contributed by atoms with Crippen molar-refractivity contribution in [1.29, 1.82) is 0 Å². The molecule has 1 unspecified atom stereocenters. The third kappa shape index (κ3) is 4.59. The molecule has 0 radical (unpaired) electrons. The van der Waals surface area contributed by atoms with Crippen LogP contribution in [0.1, 0.15) is 19.5 Å². The lowest BCUT2D eigenvalue weighted by Gasteiger charge is -2.11. The first-order valence-electron chi connectivity index (χ1n) is 6.76. The molecule has 0 fully saturated rings. The van der Waals surface area contributed by atoms with Crippen molar-refractivity contribution in [1.82, 2.24) is 14.6 Å². The summed E-state index contributed by atoms with van der Waals surface area (Å²) in [7, 11) is -0.0112. The molecular formula is C13H25N3O3S. The van der Waals surface area contributed by atoms with Gasteiger partial charge in [0.15, 0.2) is 0 Å². The normalized spacial score (nSPS) is 13.6. The fourth-order valence-corrected chi connectivity index (χ4v) is 3.20. The van der Waals surface area contributed by atoms with Crippen LogP contribution in [-0.4, -0.2) is 40.3 Å². The minimum atomic E-state index is -3.46. The summed E-state index contributed by atoms with van der Waals surface area (Å²) in [6.07, 6.45) is 1.68. The molecule has 0 saturated carbocycles. The highest BCUT2D eigenvalue weighted by molar-refractivity contribution is 7.89. The predicted octanol–water partition coefficient (Wildman–Crippen LogP) is 0.788. The highest BCUT2D eigenvalue weighted by atomic mass is 32.2. The van der Waals surface area contributed by atoms with Crippen LogP contribution in [0.15, 0.2) is 17.2 Å². The van der Waals surface area contributed by atoms with E-state index in [0.29, 0.717) is 24.6 Å². The Balaban J connectivity index is 2.81. The lowest BCUT2D eigenvalue weighted by molar-refractivity contribution is 0.161. The quantitative estimate of drug-likeness (QED) is 0.707. The van der Waals surface area contributed by atoms with E-state index in [4.69, 9.17) is 4.74 Å². The highest BCUT2D eigenvalue weighted by Gasteiger charge is 2.18. The number of hydrogen-bond acceptors (Lipinski definition) is 4. The summed E-state index contributed by atoms with van der Waals surface area (Å²) in [4.78, 5) is 0.314. The molecule has 1 rings (SSSR count). The van der Waals surface area contributed by atoms with Crippen LogP contribution in [0.5, 0.6) is 0 Å². The third-order valence-corrected chi connectivity index (χ3v) is 4.43. The van der Waals surface area contributed by atoms with Crippen molar-refractivity contribution in [2.75, 3.05) is 27.3 Å². The summed E-state index contributed by atoms with van der Waals surface area (Å²) in [6.45, 7) is 6.22. The van der Waals surface area contributed by atoms with E-state index in [1.807, 2.05) is 25.5 Å². The smallest absolute Gasteiger partial charge is 0.242 e. The Morgan fingerprint density at radius 2 is 2.15 bits per heavy atom. The van der Waals surface area contributed by atoms with Crippen LogP contribution in [0.4, 0.5) is 0 Å². The first kappa shape index (κ1) is 17.2. The summed E-state index contributed by atoms with van der Waals surface area (Å²) in [6, 6.07) is 1.71. The van der Waals surface area contributed by atoms with Crippen molar-refractivity contribution in [3.8, 4) is 0 Å². The first-order valence-corrected chi connectivity index (χ1v) is 8.25. The Labute approximate surface area is 121 Å². The minimum Gasteiger partial charge on any atom is -0.384 e. The molecule has 20 heavy (non-hydrogen) atoms. The second-order valence-electron chi connectivity index (χ2n) is 4.90. The zero-order chi connectivity index (χ0) is 15.2. The first-order chi connectivity index (χ1) is 9.44. The molecule has 6 nitrogen and oxygen atoms in total. The maximum Gasteiger partial charge on any atom is 0.242 e. The van der Waals surface area contributed by atoms with Crippen LogP contribution < -0.4 is 10.0 Å². The van der Waals surface area contributed by atoms with Crippen LogP contribution in [-0.2, 0) is 27.8 Å². The molecule has 0 aliphatic carbocycles. The number of aromatic nitrogens is 1. The van der Waals surface area contributed by atoms with Gasteiger partial charge in [-0.2, -0.15) is 0 Å². The van der Waals surface area contributed by atoms with Crippen molar-refractivity contribution in [2.24, 2.45) is 5.92 Å². The standard InChI is InChI=1S/C13H25N3O3S/c1-5-16-9-13(6-12(16)8-14-3)20(17,18)15-7-11(2)10-19-4/h6,9,11,14-15H,5,7-8,10H2,1-4H3. The van der Waals surface area contributed by atoms with Crippen LogP contribution in [0.25, 0.3) is 0 Å². The van der Waals surface area contributed by atoms with Gasteiger partial charge in [0, 0.05) is 45.2 Å². The van der Waals surface area contributed by atoms with E-state index < -0.39 is 10.0 Å². The molecule has 7 heteroatoms. The van der Waals surface area contributed by atoms with Gasteiger partial charge in [0.25, 0.3) is 0 Å². The van der Waals surface area contributed by atoms with Gasteiger partial charge in [-0.3, -0.25) is 0 Å². The van der Waals surface area contributed by atoms with Crippen LogP contribution >= 0.6 is 0 Å². The lowest BCUT2D eigenvalue weighted by atomic mass is 10.2. The van der Waals surface area contributed by atoms with E-state index >= 15 is 0 Å². The highest BCUT2D eigenvalue weighted by Crippen LogP contribution is 2.14. The van der Waals surface area contributed by atoms with Crippen molar-refractivity contribution < 1.29 is 13.2 Å². The number of aryl methyl sites for hydroxylation is 1.